The first kappa shape index (κ1) is 14.9. The molecule has 4 nitrogen and oxygen atoms in total. The first-order valence-corrected chi connectivity index (χ1v) is 7.01. The Balaban J connectivity index is 2.25. The number of ether oxygens (including phenoxy) is 2. The van der Waals surface area contributed by atoms with Gasteiger partial charge in [0, 0.05) is 6.04 Å². The Morgan fingerprint density at radius 2 is 2.10 bits per heavy atom. The lowest BCUT2D eigenvalue weighted by molar-refractivity contribution is -0.147. The van der Waals surface area contributed by atoms with Crippen LogP contribution >= 0.6 is 0 Å². The Morgan fingerprint density at radius 1 is 1.35 bits per heavy atom. The van der Waals surface area contributed by atoms with Crippen molar-refractivity contribution in [3.63, 3.8) is 0 Å². The van der Waals surface area contributed by atoms with Gasteiger partial charge in [0.2, 0.25) is 0 Å². The number of hydrogen-bond acceptors (Lipinski definition) is 4. The number of carbonyl (C=O) groups excluding carboxylic acids is 1. The first-order valence-electron chi connectivity index (χ1n) is 7.01. The number of esters is 1. The molecule has 0 aromatic heterocycles. The fourth-order valence-corrected chi connectivity index (χ4v) is 2.80. The molecule has 0 heterocycles. The molecule has 1 unspecified atom stereocenters. The minimum absolute atomic E-state index is 0.156. The smallest absolute Gasteiger partial charge is 0.325 e. The third kappa shape index (κ3) is 2.96. The van der Waals surface area contributed by atoms with E-state index in [4.69, 9.17) is 9.47 Å². The molecule has 1 atom stereocenters. The lowest BCUT2D eigenvalue weighted by atomic mass is 9.86. The van der Waals surface area contributed by atoms with Gasteiger partial charge in [-0.2, -0.15) is 0 Å². The zero-order valence-electron chi connectivity index (χ0n) is 12.7. The van der Waals surface area contributed by atoms with Gasteiger partial charge in [-0.1, -0.05) is 6.07 Å². The molecule has 0 saturated carbocycles. The van der Waals surface area contributed by atoms with Crippen LogP contribution < -0.4 is 10.1 Å². The molecule has 20 heavy (non-hydrogen) atoms. The van der Waals surface area contributed by atoms with Crippen LogP contribution in [0.25, 0.3) is 0 Å². The van der Waals surface area contributed by atoms with Crippen molar-refractivity contribution in [3.8, 4) is 5.75 Å². The van der Waals surface area contributed by atoms with Crippen molar-refractivity contribution >= 4 is 5.97 Å². The van der Waals surface area contributed by atoms with Crippen molar-refractivity contribution in [2.75, 3.05) is 14.2 Å². The van der Waals surface area contributed by atoms with Crippen LogP contribution in [0.15, 0.2) is 18.2 Å². The van der Waals surface area contributed by atoms with E-state index < -0.39 is 5.54 Å². The number of rotatable bonds is 4. The minimum atomic E-state index is -0.697. The van der Waals surface area contributed by atoms with E-state index in [2.05, 4.69) is 17.4 Å². The topological polar surface area (TPSA) is 47.6 Å². The maximum Gasteiger partial charge on any atom is 0.325 e. The Morgan fingerprint density at radius 3 is 2.75 bits per heavy atom. The van der Waals surface area contributed by atoms with Gasteiger partial charge in [-0.15, -0.1) is 0 Å². The molecule has 1 aliphatic carbocycles. The van der Waals surface area contributed by atoms with E-state index in [0.29, 0.717) is 0 Å². The summed E-state index contributed by atoms with van der Waals surface area (Å²) in [6.07, 6.45) is 3.21. The van der Waals surface area contributed by atoms with Crippen LogP contribution in [0.4, 0.5) is 0 Å². The average Bonchev–Trinajstić information content (AvgIpc) is 2.45. The summed E-state index contributed by atoms with van der Waals surface area (Å²) in [6, 6.07) is 6.34. The van der Waals surface area contributed by atoms with Gasteiger partial charge in [-0.3, -0.25) is 10.1 Å². The van der Waals surface area contributed by atoms with Crippen molar-refractivity contribution in [3.05, 3.63) is 29.3 Å². The predicted molar refractivity (Wildman–Crippen MR) is 77.9 cm³/mol. The van der Waals surface area contributed by atoms with Gasteiger partial charge in [-0.05, 0) is 56.4 Å². The summed E-state index contributed by atoms with van der Waals surface area (Å²) in [5.74, 6) is 0.612. The van der Waals surface area contributed by atoms with Gasteiger partial charge < -0.3 is 9.47 Å². The second-order valence-electron chi connectivity index (χ2n) is 5.77. The van der Waals surface area contributed by atoms with E-state index >= 15 is 0 Å². The Bertz CT molecular complexity index is 496. The molecule has 1 aromatic rings. The summed E-state index contributed by atoms with van der Waals surface area (Å²) >= 11 is 0. The summed E-state index contributed by atoms with van der Waals surface area (Å²) in [6.45, 7) is 3.71. The molecular formula is C16H23NO3. The Hall–Kier alpha value is -1.55. The largest absolute Gasteiger partial charge is 0.497 e. The highest BCUT2D eigenvalue weighted by molar-refractivity contribution is 5.79. The summed E-state index contributed by atoms with van der Waals surface area (Å²) in [7, 11) is 3.09. The molecule has 2 rings (SSSR count). The molecule has 0 saturated heterocycles. The molecule has 0 fully saturated rings. The normalized spacial score (nSPS) is 18.3. The van der Waals surface area contributed by atoms with Crippen LogP contribution in [-0.4, -0.2) is 25.7 Å². The third-order valence-corrected chi connectivity index (χ3v) is 3.90. The van der Waals surface area contributed by atoms with E-state index in [1.54, 1.807) is 7.11 Å². The maximum atomic E-state index is 11.8. The lowest BCUT2D eigenvalue weighted by Crippen LogP contribution is -2.49. The van der Waals surface area contributed by atoms with Crippen molar-refractivity contribution in [1.29, 1.82) is 0 Å². The van der Waals surface area contributed by atoms with Crippen LogP contribution in [0.3, 0.4) is 0 Å². The maximum absolute atomic E-state index is 11.8. The molecule has 110 valence electrons. The van der Waals surface area contributed by atoms with Crippen LogP contribution in [0.5, 0.6) is 5.75 Å². The quantitative estimate of drug-likeness (QED) is 0.859. The van der Waals surface area contributed by atoms with Crippen LogP contribution in [-0.2, 0) is 16.0 Å². The van der Waals surface area contributed by atoms with Crippen molar-refractivity contribution < 1.29 is 14.3 Å². The Kier molecular flexibility index (Phi) is 4.33. The number of nitrogens with one attached hydrogen (secondary N) is 1. The summed E-state index contributed by atoms with van der Waals surface area (Å²) < 4.78 is 10.2. The standard InChI is InChI=1S/C16H23NO3/c1-16(2,15(18)20-4)17-14-7-5-6-11-8-9-12(19-3)10-13(11)14/h8-10,14,17H,5-7H2,1-4H3. The molecule has 0 bridgehead atoms. The van der Waals surface area contributed by atoms with E-state index in [1.165, 1.54) is 18.2 Å². The second kappa shape index (κ2) is 5.83. The van der Waals surface area contributed by atoms with Crippen LogP contribution in [0.1, 0.15) is 43.9 Å². The van der Waals surface area contributed by atoms with Crippen molar-refractivity contribution in [2.24, 2.45) is 0 Å². The van der Waals surface area contributed by atoms with Gasteiger partial charge in [0.1, 0.15) is 11.3 Å². The summed E-state index contributed by atoms with van der Waals surface area (Å²) in [5.41, 5.74) is 1.86. The van der Waals surface area contributed by atoms with E-state index in [0.717, 1.165) is 25.0 Å². The number of methoxy groups -OCH3 is 2. The molecule has 0 spiro atoms. The van der Waals surface area contributed by atoms with Gasteiger partial charge >= 0.3 is 5.97 Å². The molecule has 1 aromatic carbocycles. The van der Waals surface area contributed by atoms with E-state index in [-0.39, 0.29) is 12.0 Å². The highest BCUT2D eigenvalue weighted by atomic mass is 16.5. The monoisotopic (exact) mass is 277 g/mol. The zero-order valence-corrected chi connectivity index (χ0v) is 12.7. The number of fused-ring (bicyclic) bond motifs is 1. The lowest BCUT2D eigenvalue weighted by Gasteiger charge is -2.33. The molecule has 0 amide bonds. The summed E-state index contributed by atoms with van der Waals surface area (Å²) in [4.78, 5) is 11.8. The molecule has 4 heteroatoms. The fraction of sp³-hybridized carbons (Fsp3) is 0.562. The fourth-order valence-electron chi connectivity index (χ4n) is 2.80. The summed E-state index contributed by atoms with van der Waals surface area (Å²) in [5, 5.41) is 3.42. The highest BCUT2D eigenvalue weighted by Crippen LogP contribution is 2.33. The van der Waals surface area contributed by atoms with Crippen LogP contribution in [0, 0.1) is 0 Å². The van der Waals surface area contributed by atoms with Crippen molar-refractivity contribution in [1.82, 2.24) is 5.32 Å². The van der Waals surface area contributed by atoms with E-state index in [1.807, 2.05) is 19.9 Å². The molecule has 0 radical (unpaired) electrons. The van der Waals surface area contributed by atoms with Gasteiger partial charge in [0.25, 0.3) is 0 Å². The molecule has 1 N–H and O–H groups in total. The van der Waals surface area contributed by atoms with Gasteiger partial charge in [-0.25, -0.2) is 0 Å². The van der Waals surface area contributed by atoms with Crippen LogP contribution in [0.2, 0.25) is 0 Å². The molecule has 1 aliphatic rings. The SMILES string of the molecule is COC(=O)C(C)(C)NC1CCCc2ccc(OC)cc21. The second-order valence-corrected chi connectivity index (χ2v) is 5.77. The number of carbonyl (C=O) groups is 1. The minimum Gasteiger partial charge on any atom is -0.497 e. The first-order chi connectivity index (χ1) is 9.47. The Labute approximate surface area is 120 Å². The number of aryl methyl sites for hydroxylation is 1. The molecule has 0 aliphatic heterocycles. The number of hydrogen-bond donors (Lipinski definition) is 1. The van der Waals surface area contributed by atoms with Gasteiger partial charge in [0.15, 0.2) is 0 Å². The molecular weight excluding hydrogens is 254 g/mol. The zero-order chi connectivity index (χ0) is 14.8. The van der Waals surface area contributed by atoms with Crippen molar-refractivity contribution in [2.45, 2.75) is 44.7 Å². The highest BCUT2D eigenvalue weighted by Gasteiger charge is 2.33. The third-order valence-electron chi connectivity index (χ3n) is 3.90. The average molecular weight is 277 g/mol. The predicted octanol–water partition coefficient (Wildman–Crippen LogP) is 2.61. The van der Waals surface area contributed by atoms with Gasteiger partial charge in [0.05, 0.1) is 14.2 Å². The van der Waals surface area contributed by atoms with E-state index in [9.17, 15) is 4.79 Å². The number of benzene rings is 1.